The molecule has 0 aliphatic carbocycles. The Balaban J connectivity index is 1.90. The third-order valence-electron chi connectivity index (χ3n) is 4.14. The first-order valence-electron chi connectivity index (χ1n) is 6.67. The van der Waals surface area contributed by atoms with Crippen LogP contribution in [0.2, 0.25) is 0 Å². The minimum absolute atomic E-state index is 0.0777. The zero-order valence-electron chi connectivity index (χ0n) is 11.2. The molecular formula is C13H23NO3S. The van der Waals surface area contributed by atoms with E-state index in [9.17, 15) is 4.79 Å². The van der Waals surface area contributed by atoms with Crippen molar-refractivity contribution in [1.82, 2.24) is 4.90 Å². The summed E-state index contributed by atoms with van der Waals surface area (Å²) in [5.41, 5.74) is 0.0777. The quantitative estimate of drug-likeness (QED) is 0.845. The second kappa shape index (κ2) is 5.80. The molecule has 0 aromatic rings. The van der Waals surface area contributed by atoms with Crippen molar-refractivity contribution < 1.29 is 14.6 Å². The van der Waals surface area contributed by atoms with E-state index in [1.54, 1.807) is 6.92 Å². The first-order chi connectivity index (χ1) is 8.52. The summed E-state index contributed by atoms with van der Waals surface area (Å²) >= 11 is 1.97. The molecule has 18 heavy (non-hydrogen) atoms. The van der Waals surface area contributed by atoms with E-state index in [0.717, 1.165) is 31.6 Å². The maximum atomic E-state index is 10.9. The molecule has 0 bridgehead atoms. The number of carbonyl (C=O) groups is 1. The van der Waals surface area contributed by atoms with E-state index in [1.165, 1.54) is 5.75 Å². The summed E-state index contributed by atoms with van der Waals surface area (Å²) in [4.78, 5) is 13.1. The zero-order chi connectivity index (χ0) is 13.2. The van der Waals surface area contributed by atoms with Crippen LogP contribution in [0.5, 0.6) is 0 Å². The van der Waals surface area contributed by atoms with Gasteiger partial charge in [0.1, 0.15) is 0 Å². The molecule has 3 atom stereocenters. The van der Waals surface area contributed by atoms with Gasteiger partial charge in [0.25, 0.3) is 0 Å². The average molecular weight is 273 g/mol. The lowest BCUT2D eigenvalue weighted by Gasteiger charge is -2.41. The van der Waals surface area contributed by atoms with Gasteiger partial charge in [-0.05, 0) is 32.1 Å². The number of nitrogens with zero attached hydrogens (tertiary/aromatic N) is 1. The highest BCUT2D eigenvalue weighted by atomic mass is 32.2. The smallest absolute Gasteiger partial charge is 0.307 e. The molecule has 0 saturated carbocycles. The van der Waals surface area contributed by atoms with E-state index in [2.05, 4.69) is 4.90 Å². The van der Waals surface area contributed by atoms with Crippen LogP contribution < -0.4 is 0 Å². The number of rotatable bonds is 4. The zero-order valence-corrected chi connectivity index (χ0v) is 12.0. The molecule has 5 heteroatoms. The van der Waals surface area contributed by atoms with Crippen molar-refractivity contribution in [3.05, 3.63) is 0 Å². The average Bonchev–Trinajstić information content (AvgIpc) is 2.77. The van der Waals surface area contributed by atoms with Crippen molar-refractivity contribution in [3.63, 3.8) is 0 Å². The highest BCUT2D eigenvalue weighted by molar-refractivity contribution is 7.99. The Labute approximate surface area is 113 Å². The molecule has 1 N–H and O–H groups in total. The van der Waals surface area contributed by atoms with Gasteiger partial charge in [0.15, 0.2) is 0 Å². The Kier molecular flexibility index (Phi) is 4.56. The first kappa shape index (κ1) is 14.2. The topological polar surface area (TPSA) is 49.8 Å². The summed E-state index contributed by atoms with van der Waals surface area (Å²) in [6.07, 6.45) is 3.23. The van der Waals surface area contributed by atoms with Crippen molar-refractivity contribution in [2.45, 2.75) is 37.8 Å². The van der Waals surface area contributed by atoms with Crippen molar-refractivity contribution in [3.8, 4) is 0 Å². The van der Waals surface area contributed by atoms with Crippen LogP contribution in [0.15, 0.2) is 0 Å². The Hall–Kier alpha value is -0.260. The SMILES string of the molecule is CC(CN(C)C1CCOC2(CCSC2)C1)C(=O)O. The van der Waals surface area contributed by atoms with Crippen molar-refractivity contribution in [1.29, 1.82) is 0 Å². The van der Waals surface area contributed by atoms with Gasteiger partial charge in [-0.25, -0.2) is 0 Å². The summed E-state index contributed by atoms with van der Waals surface area (Å²) in [6.45, 7) is 3.22. The molecule has 2 aliphatic rings. The molecule has 4 nitrogen and oxygen atoms in total. The molecule has 3 unspecified atom stereocenters. The van der Waals surface area contributed by atoms with Gasteiger partial charge in [-0.1, -0.05) is 6.92 Å². The molecular weight excluding hydrogens is 250 g/mol. The lowest BCUT2D eigenvalue weighted by molar-refractivity contribution is -0.142. The van der Waals surface area contributed by atoms with Gasteiger partial charge in [0.05, 0.1) is 11.5 Å². The number of hydrogen-bond acceptors (Lipinski definition) is 4. The van der Waals surface area contributed by atoms with E-state index < -0.39 is 5.97 Å². The fourth-order valence-corrected chi connectivity index (χ4v) is 4.28. The highest BCUT2D eigenvalue weighted by Gasteiger charge is 2.41. The van der Waals surface area contributed by atoms with Gasteiger partial charge in [0, 0.05) is 24.9 Å². The second-order valence-electron chi connectivity index (χ2n) is 5.66. The fourth-order valence-electron chi connectivity index (χ4n) is 2.90. The van der Waals surface area contributed by atoms with Crippen LogP contribution in [0, 0.1) is 5.92 Å². The third kappa shape index (κ3) is 3.19. The summed E-state index contributed by atoms with van der Waals surface area (Å²) in [7, 11) is 2.05. The Morgan fingerprint density at radius 1 is 1.67 bits per heavy atom. The standard InChI is InChI=1S/C13H23NO3S/c1-10(12(15)16)8-14(2)11-3-5-17-13(7-11)4-6-18-9-13/h10-11H,3-9H2,1-2H3,(H,15,16). The summed E-state index contributed by atoms with van der Waals surface area (Å²) in [5.74, 6) is 1.29. The molecule has 1 spiro atoms. The Morgan fingerprint density at radius 3 is 3.06 bits per heavy atom. The van der Waals surface area contributed by atoms with Crippen LogP contribution in [-0.2, 0) is 9.53 Å². The second-order valence-corrected chi connectivity index (χ2v) is 6.76. The summed E-state index contributed by atoms with van der Waals surface area (Å²) in [5, 5.41) is 8.98. The molecule has 104 valence electrons. The third-order valence-corrected chi connectivity index (χ3v) is 5.36. The predicted molar refractivity (Wildman–Crippen MR) is 73.1 cm³/mol. The molecule has 0 amide bonds. The molecule has 0 aromatic heterocycles. The summed E-state index contributed by atoms with van der Waals surface area (Å²) in [6, 6.07) is 0.472. The maximum absolute atomic E-state index is 10.9. The van der Waals surface area contributed by atoms with Crippen LogP contribution in [0.25, 0.3) is 0 Å². The largest absolute Gasteiger partial charge is 0.481 e. The minimum atomic E-state index is -0.708. The molecule has 2 saturated heterocycles. The van der Waals surface area contributed by atoms with Gasteiger partial charge < -0.3 is 14.7 Å². The molecule has 2 aliphatic heterocycles. The normalized spacial score (nSPS) is 34.1. The number of ether oxygens (including phenoxy) is 1. The van der Waals surface area contributed by atoms with Gasteiger partial charge >= 0.3 is 5.97 Å². The van der Waals surface area contributed by atoms with Crippen LogP contribution in [-0.4, -0.2) is 59.3 Å². The lowest BCUT2D eigenvalue weighted by Crippen LogP contribution is -2.49. The van der Waals surface area contributed by atoms with Crippen LogP contribution in [0.4, 0.5) is 0 Å². The first-order valence-corrected chi connectivity index (χ1v) is 7.83. The number of carboxylic acids is 1. The van der Waals surface area contributed by atoms with E-state index in [4.69, 9.17) is 9.84 Å². The van der Waals surface area contributed by atoms with E-state index in [-0.39, 0.29) is 11.5 Å². The Bertz CT molecular complexity index is 305. The predicted octanol–water partition coefficient (Wildman–Crippen LogP) is 1.69. The van der Waals surface area contributed by atoms with Gasteiger partial charge in [0.2, 0.25) is 0 Å². The summed E-state index contributed by atoms with van der Waals surface area (Å²) < 4.78 is 6.00. The number of aliphatic carboxylic acids is 1. The lowest BCUT2D eigenvalue weighted by atomic mass is 9.89. The van der Waals surface area contributed by atoms with Gasteiger partial charge in [-0.2, -0.15) is 11.8 Å². The number of thioether (sulfide) groups is 1. The molecule has 2 heterocycles. The van der Waals surface area contributed by atoms with Crippen LogP contribution >= 0.6 is 11.8 Å². The van der Waals surface area contributed by atoms with Crippen molar-refractivity contribution >= 4 is 17.7 Å². The maximum Gasteiger partial charge on any atom is 0.307 e. The van der Waals surface area contributed by atoms with Gasteiger partial charge in [-0.3, -0.25) is 4.79 Å². The van der Waals surface area contributed by atoms with E-state index in [0.29, 0.717) is 12.6 Å². The Morgan fingerprint density at radius 2 is 2.44 bits per heavy atom. The highest BCUT2D eigenvalue weighted by Crippen LogP contribution is 2.39. The number of carboxylic acid groups (broad SMARTS) is 1. The molecule has 2 rings (SSSR count). The van der Waals surface area contributed by atoms with Crippen molar-refractivity contribution in [2.24, 2.45) is 5.92 Å². The monoisotopic (exact) mass is 273 g/mol. The van der Waals surface area contributed by atoms with Gasteiger partial charge in [-0.15, -0.1) is 0 Å². The van der Waals surface area contributed by atoms with E-state index in [1.807, 2.05) is 18.8 Å². The van der Waals surface area contributed by atoms with Crippen LogP contribution in [0.3, 0.4) is 0 Å². The van der Waals surface area contributed by atoms with Crippen LogP contribution in [0.1, 0.15) is 26.2 Å². The molecule has 0 radical (unpaired) electrons. The minimum Gasteiger partial charge on any atom is -0.481 e. The van der Waals surface area contributed by atoms with Crippen molar-refractivity contribution in [2.75, 3.05) is 31.7 Å². The molecule has 0 aromatic carbocycles. The number of hydrogen-bond donors (Lipinski definition) is 1. The van der Waals surface area contributed by atoms with E-state index >= 15 is 0 Å². The molecule has 2 fully saturated rings. The fraction of sp³-hybridized carbons (Fsp3) is 0.923.